The molecule has 0 fully saturated rings. The second kappa shape index (κ2) is 7.10. The number of hydrogen-bond acceptors (Lipinski definition) is 4. The molecule has 0 unspecified atom stereocenters. The summed E-state index contributed by atoms with van der Waals surface area (Å²) in [7, 11) is -3.27. The molecular formula is C15H24NO4P. The van der Waals surface area contributed by atoms with Gasteiger partial charge in [0.05, 0.1) is 11.3 Å². The standard InChI is InChI=1S/C15H24NO4P/c1-12(2)19-14(17)11-16-21(18,15(3,4)5)20-13-9-7-6-8-10-13/h6-10,12H,11H2,1-5H3,(H,16,18)/t21-/m1/s1. The largest absolute Gasteiger partial charge is 0.462 e. The summed E-state index contributed by atoms with van der Waals surface area (Å²) in [5.74, 6) is 0.0478. The number of nitrogens with one attached hydrogen (secondary N) is 1. The summed E-state index contributed by atoms with van der Waals surface area (Å²) in [5, 5.41) is 2.10. The van der Waals surface area contributed by atoms with Crippen LogP contribution in [0.4, 0.5) is 0 Å². The van der Waals surface area contributed by atoms with Gasteiger partial charge < -0.3 is 9.26 Å². The average molecular weight is 313 g/mol. The van der Waals surface area contributed by atoms with Crippen LogP contribution in [0.1, 0.15) is 34.6 Å². The van der Waals surface area contributed by atoms with Crippen LogP contribution in [-0.2, 0) is 14.1 Å². The van der Waals surface area contributed by atoms with Crippen molar-refractivity contribution in [2.75, 3.05) is 6.54 Å². The molecule has 1 rings (SSSR count). The predicted octanol–water partition coefficient (Wildman–Crippen LogP) is 3.60. The van der Waals surface area contributed by atoms with Gasteiger partial charge in [-0.3, -0.25) is 9.36 Å². The summed E-state index contributed by atoms with van der Waals surface area (Å²) in [5.41, 5.74) is 0. The van der Waals surface area contributed by atoms with Crippen molar-refractivity contribution in [3.63, 3.8) is 0 Å². The van der Waals surface area contributed by atoms with Gasteiger partial charge in [0, 0.05) is 0 Å². The Morgan fingerprint density at radius 2 is 1.81 bits per heavy atom. The van der Waals surface area contributed by atoms with E-state index in [1.807, 2.05) is 6.07 Å². The highest BCUT2D eigenvalue weighted by Gasteiger charge is 2.39. The Kier molecular flexibility index (Phi) is 5.99. The predicted molar refractivity (Wildman–Crippen MR) is 83.7 cm³/mol. The lowest BCUT2D eigenvalue weighted by atomic mass is 10.3. The number of benzene rings is 1. The fourth-order valence-corrected chi connectivity index (χ4v) is 3.08. The first-order chi connectivity index (χ1) is 9.64. The molecule has 0 saturated heterocycles. The van der Waals surface area contributed by atoms with E-state index in [0.717, 1.165) is 0 Å². The van der Waals surface area contributed by atoms with Gasteiger partial charge in [-0.2, -0.15) is 0 Å². The van der Waals surface area contributed by atoms with Crippen molar-refractivity contribution in [1.82, 2.24) is 5.09 Å². The number of ether oxygens (including phenoxy) is 1. The molecule has 1 N–H and O–H groups in total. The van der Waals surface area contributed by atoms with Crippen LogP contribution in [0.2, 0.25) is 0 Å². The van der Waals surface area contributed by atoms with E-state index in [2.05, 4.69) is 5.09 Å². The van der Waals surface area contributed by atoms with Crippen molar-refractivity contribution in [3.05, 3.63) is 30.3 Å². The first-order valence-electron chi connectivity index (χ1n) is 6.93. The van der Waals surface area contributed by atoms with Gasteiger partial charge in [0.25, 0.3) is 0 Å². The number of hydrogen-bond donors (Lipinski definition) is 1. The Hall–Kier alpha value is -1.32. The quantitative estimate of drug-likeness (QED) is 0.642. The van der Waals surface area contributed by atoms with Crippen molar-refractivity contribution in [2.45, 2.75) is 45.9 Å². The van der Waals surface area contributed by atoms with E-state index in [9.17, 15) is 9.36 Å². The highest BCUT2D eigenvalue weighted by molar-refractivity contribution is 7.58. The number of carbonyl (C=O) groups excluding carboxylic acids is 1. The fourth-order valence-electron chi connectivity index (χ4n) is 1.51. The van der Waals surface area contributed by atoms with Crippen molar-refractivity contribution < 1.29 is 18.6 Å². The maximum absolute atomic E-state index is 13.1. The molecule has 0 aliphatic rings. The molecule has 1 atom stereocenters. The smallest absolute Gasteiger partial charge is 0.322 e. The summed E-state index contributed by atoms with van der Waals surface area (Å²) in [6.45, 7) is 8.79. The van der Waals surface area contributed by atoms with Gasteiger partial charge in [-0.15, -0.1) is 0 Å². The Labute approximate surface area is 126 Å². The number of para-hydroxylation sites is 1. The molecule has 0 aliphatic carbocycles. The van der Waals surface area contributed by atoms with Crippen LogP contribution in [0.5, 0.6) is 5.75 Å². The molecule has 0 aromatic heterocycles. The lowest BCUT2D eigenvalue weighted by Gasteiger charge is -2.31. The SMILES string of the molecule is CC(C)OC(=O)CN[P@](=O)(Oc1ccccc1)C(C)(C)C. The lowest BCUT2D eigenvalue weighted by Crippen LogP contribution is -2.33. The highest BCUT2D eigenvalue weighted by atomic mass is 31.2. The van der Waals surface area contributed by atoms with Crippen molar-refractivity contribution in [1.29, 1.82) is 0 Å². The fraction of sp³-hybridized carbons (Fsp3) is 0.533. The zero-order valence-corrected chi connectivity index (χ0v) is 14.1. The molecule has 1 aromatic rings. The summed E-state index contributed by atoms with van der Waals surface area (Å²) in [6, 6.07) is 8.91. The van der Waals surface area contributed by atoms with Crippen LogP contribution < -0.4 is 9.61 Å². The molecule has 1 aromatic carbocycles. The molecule has 21 heavy (non-hydrogen) atoms. The van der Waals surface area contributed by atoms with Gasteiger partial charge in [0.2, 0.25) is 0 Å². The van der Waals surface area contributed by atoms with E-state index < -0.39 is 18.6 Å². The van der Waals surface area contributed by atoms with E-state index in [-0.39, 0.29) is 12.6 Å². The Morgan fingerprint density at radius 1 is 1.24 bits per heavy atom. The molecule has 0 spiro atoms. The van der Waals surface area contributed by atoms with E-state index >= 15 is 0 Å². The number of esters is 1. The monoisotopic (exact) mass is 313 g/mol. The van der Waals surface area contributed by atoms with Crippen molar-refractivity contribution in [3.8, 4) is 5.75 Å². The molecule has 0 aliphatic heterocycles. The second-order valence-electron chi connectivity index (χ2n) is 6.00. The van der Waals surface area contributed by atoms with Crippen molar-refractivity contribution in [2.24, 2.45) is 0 Å². The Balaban J connectivity index is 2.81. The molecule has 118 valence electrons. The van der Waals surface area contributed by atoms with Gasteiger partial charge in [0.1, 0.15) is 12.3 Å². The van der Waals surface area contributed by atoms with Gasteiger partial charge in [0.15, 0.2) is 0 Å². The third kappa shape index (κ3) is 5.52. The summed E-state index contributed by atoms with van der Waals surface area (Å²) in [6.07, 6.45) is -0.205. The summed E-state index contributed by atoms with van der Waals surface area (Å²) < 4.78 is 23.7. The van der Waals surface area contributed by atoms with Crippen LogP contribution in [-0.4, -0.2) is 23.8 Å². The van der Waals surface area contributed by atoms with E-state index in [1.54, 1.807) is 58.9 Å². The van der Waals surface area contributed by atoms with Crippen LogP contribution in [0.15, 0.2) is 30.3 Å². The topological polar surface area (TPSA) is 64.6 Å². The first kappa shape index (κ1) is 17.7. The maximum atomic E-state index is 13.1. The van der Waals surface area contributed by atoms with Crippen LogP contribution >= 0.6 is 7.52 Å². The molecular weight excluding hydrogens is 289 g/mol. The van der Waals surface area contributed by atoms with Gasteiger partial charge in [-0.05, 0) is 46.8 Å². The number of carbonyl (C=O) groups is 1. The normalized spacial score (nSPS) is 14.6. The van der Waals surface area contributed by atoms with Crippen LogP contribution in [0.25, 0.3) is 0 Å². The highest BCUT2D eigenvalue weighted by Crippen LogP contribution is 2.54. The van der Waals surface area contributed by atoms with Gasteiger partial charge >= 0.3 is 13.5 Å². The third-order valence-corrected chi connectivity index (χ3v) is 5.47. The third-order valence-electron chi connectivity index (χ3n) is 2.66. The summed E-state index contributed by atoms with van der Waals surface area (Å²) >= 11 is 0. The molecule has 0 bridgehead atoms. The first-order valence-corrected chi connectivity index (χ1v) is 8.56. The Bertz CT molecular complexity index is 508. The van der Waals surface area contributed by atoms with Gasteiger partial charge in [-0.25, -0.2) is 5.09 Å². The summed E-state index contributed by atoms with van der Waals surface area (Å²) in [4.78, 5) is 11.6. The average Bonchev–Trinajstić information content (AvgIpc) is 2.35. The molecule has 0 radical (unpaired) electrons. The van der Waals surface area contributed by atoms with E-state index in [4.69, 9.17) is 9.26 Å². The minimum absolute atomic E-state index is 0.153. The maximum Gasteiger partial charge on any atom is 0.322 e. The zero-order valence-electron chi connectivity index (χ0n) is 13.3. The molecule has 6 heteroatoms. The Morgan fingerprint density at radius 3 is 2.29 bits per heavy atom. The second-order valence-corrected chi connectivity index (χ2v) is 8.94. The molecule has 0 saturated carbocycles. The van der Waals surface area contributed by atoms with Crippen LogP contribution in [0, 0.1) is 0 Å². The molecule has 5 nitrogen and oxygen atoms in total. The van der Waals surface area contributed by atoms with Crippen LogP contribution in [0.3, 0.4) is 0 Å². The van der Waals surface area contributed by atoms with E-state index in [0.29, 0.717) is 5.75 Å². The zero-order chi connectivity index (χ0) is 16.1. The molecule has 0 amide bonds. The van der Waals surface area contributed by atoms with Crippen molar-refractivity contribution >= 4 is 13.5 Å². The van der Waals surface area contributed by atoms with E-state index in [1.165, 1.54) is 0 Å². The van der Waals surface area contributed by atoms with Gasteiger partial charge in [-0.1, -0.05) is 18.2 Å². The lowest BCUT2D eigenvalue weighted by molar-refractivity contribution is -0.145. The number of rotatable bonds is 6. The molecule has 0 heterocycles. The minimum atomic E-state index is -3.27. The minimum Gasteiger partial charge on any atom is -0.462 e.